The summed E-state index contributed by atoms with van der Waals surface area (Å²) in [5, 5.41) is 17.0. The van der Waals surface area contributed by atoms with Gasteiger partial charge in [0, 0.05) is 0 Å². The van der Waals surface area contributed by atoms with Gasteiger partial charge in [-0.15, -0.1) is 0 Å². The van der Waals surface area contributed by atoms with E-state index in [4.69, 9.17) is 10.2 Å². The van der Waals surface area contributed by atoms with Gasteiger partial charge in [-0.2, -0.15) is 4.39 Å². The molecule has 0 aromatic heterocycles. The highest BCUT2D eigenvalue weighted by Crippen LogP contribution is 2.59. The lowest BCUT2D eigenvalue weighted by Crippen LogP contribution is -2.03. The monoisotopic (exact) mass is 202 g/mol. The highest BCUT2D eigenvalue weighted by Gasteiger charge is 2.61. The van der Waals surface area contributed by atoms with Crippen LogP contribution in [0.15, 0.2) is 11.9 Å². The molecule has 0 amide bonds. The Hall–Kier alpha value is -1.39. The smallest absolute Gasteiger partial charge is 0.364 e. The molecule has 2 unspecified atom stereocenters. The lowest BCUT2D eigenvalue weighted by atomic mass is 10.1. The average molecular weight is 202 g/mol. The first-order chi connectivity index (χ1) is 6.28. The number of aliphatic carboxylic acids is 2. The number of allylic oxidation sites excluding steroid dienone is 1. The average Bonchev–Trinajstić information content (AvgIpc) is 2.52. The minimum Gasteiger partial charge on any atom is -0.481 e. The van der Waals surface area contributed by atoms with Crippen molar-refractivity contribution in [3.05, 3.63) is 11.9 Å². The van der Waals surface area contributed by atoms with Gasteiger partial charge in [-0.05, 0) is 17.4 Å². The lowest BCUT2D eigenvalue weighted by molar-refractivity contribution is -0.139. The zero-order chi connectivity index (χ0) is 11.1. The van der Waals surface area contributed by atoms with Crippen LogP contribution in [0.1, 0.15) is 13.8 Å². The lowest BCUT2D eigenvalue weighted by Gasteiger charge is -1.96. The second-order valence-electron chi connectivity index (χ2n) is 3.98. The fourth-order valence-electron chi connectivity index (χ4n) is 1.69. The summed E-state index contributed by atoms with van der Waals surface area (Å²) in [6.07, 6.45) is 0.876. The van der Waals surface area contributed by atoms with Gasteiger partial charge in [-0.25, -0.2) is 4.79 Å². The molecular formula is C9H11FO4. The van der Waals surface area contributed by atoms with Crippen LogP contribution in [0.4, 0.5) is 4.39 Å². The number of halogens is 1. The Morgan fingerprint density at radius 1 is 1.36 bits per heavy atom. The molecule has 0 aromatic carbocycles. The third-order valence-electron chi connectivity index (χ3n) is 2.71. The third kappa shape index (κ3) is 1.62. The molecular weight excluding hydrogens is 191 g/mol. The Morgan fingerprint density at radius 3 is 2.14 bits per heavy atom. The van der Waals surface area contributed by atoms with Crippen LogP contribution in [-0.2, 0) is 9.59 Å². The summed E-state index contributed by atoms with van der Waals surface area (Å²) in [5.41, 5.74) is -0.557. The minimum absolute atomic E-state index is 0.531. The number of carboxylic acid groups (broad SMARTS) is 2. The Morgan fingerprint density at radius 2 is 1.86 bits per heavy atom. The van der Waals surface area contributed by atoms with Crippen LogP contribution >= 0.6 is 0 Å². The molecule has 1 aliphatic rings. The number of rotatable bonds is 3. The summed E-state index contributed by atoms with van der Waals surface area (Å²) in [6, 6.07) is 0. The van der Waals surface area contributed by atoms with E-state index in [2.05, 4.69) is 0 Å². The normalized spacial score (nSPS) is 29.8. The van der Waals surface area contributed by atoms with Gasteiger partial charge in [0.1, 0.15) is 0 Å². The maximum Gasteiger partial charge on any atom is 0.364 e. The second kappa shape index (κ2) is 3.08. The Kier molecular flexibility index (Phi) is 2.35. The fourth-order valence-corrected chi connectivity index (χ4v) is 1.69. The number of carbonyl (C=O) groups is 2. The molecule has 0 bridgehead atoms. The molecule has 78 valence electrons. The molecule has 0 saturated heterocycles. The van der Waals surface area contributed by atoms with Gasteiger partial charge in [-0.3, -0.25) is 4.79 Å². The van der Waals surface area contributed by atoms with E-state index in [1.54, 1.807) is 13.8 Å². The van der Waals surface area contributed by atoms with E-state index in [1.165, 1.54) is 0 Å². The third-order valence-corrected chi connectivity index (χ3v) is 2.71. The number of carboxylic acids is 2. The van der Waals surface area contributed by atoms with Gasteiger partial charge in [0.2, 0.25) is 5.83 Å². The van der Waals surface area contributed by atoms with E-state index in [0.717, 1.165) is 6.08 Å². The zero-order valence-electron chi connectivity index (χ0n) is 7.82. The summed E-state index contributed by atoms with van der Waals surface area (Å²) in [7, 11) is 0. The van der Waals surface area contributed by atoms with Crippen molar-refractivity contribution >= 4 is 11.9 Å². The molecule has 4 nitrogen and oxygen atoms in total. The van der Waals surface area contributed by atoms with Crippen LogP contribution in [0.5, 0.6) is 0 Å². The molecule has 0 aliphatic heterocycles. The summed E-state index contributed by atoms with van der Waals surface area (Å²) in [6.45, 7) is 3.34. The quantitative estimate of drug-likeness (QED) is 0.676. The molecule has 1 rings (SSSR count). The maximum atomic E-state index is 12.7. The van der Waals surface area contributed by atoms with Crippen LogP contribution in [0, 0.1) is 17.3 Å². The van der Waals surface area contributed by atoms with Gasteiger partial charge in [0.25, 0.3) is 0 Å². The van der Waals surface area contributed by atoms with Gasteiger partial charge >= 0.3 is 11.9 Å². The van der Waals surface area contributed by atoms with E-state index in [1.807, 2.05) is 0 Å². The van der Waals surface area contributed by atoms with Crippen molar-refractivity contribution < 1.29 is 24.2 Å². The maximum absolute atomic E-state index is 12.7. The SMILES string of the molecule is CC1(C)C(/C=C(/F)C(=O)O)C1C(=O)O. The summed E-state index contributed by atoms with van der Waals surface area (Å²) in [5.74, 6) is -5.18. The van der Waals surface area contributed by atoms with Crippen molar-refractivity contribution in [3.63, 3.8) is 0 Å². The Labute approximate surface area is 80.0 Å². The standard InChI is InChI=1S/C9H11FO4/c1-9(2)4(6(9)8(13)14)3-5(10)7(11)12/h3-4,6H,1-2H3,(H,11,12)(H,13,14)/b5-3+. The highest BCUT2D eigenvalue weighted by atomic mass is 19.1. The molecule has 1 aliphatic carbocycles. The summed E-state index contributed by atoms with van der Waals surface area (Å²) >= 11 is 0. The largest absolute Gasteiger partial charge is 0.481 e. The Balaban J connectivity index is 2.80. The first-order valence-corrected chi connectivity index (χ1v) is 4.12. The molecule has 0 spiro atoms. The fraction of sp³-hybridized carbons (Fsp3) is 0.556. The van der Waals surface area contributed by atoms with Gasteiger partial charge in [0.15, 0.2) is 0 Å². The molecule has 1 fully saturated rings. The molecule has 2 atom stereocenters. The summed E-state index contributed by atoms with van der Waals surface area (Å²) < 4.78 is 12.7. The minimum atomic E-state index is -1.66. The Bertz CT molecular complexity index is 319. The first kappa shape index (κ1) is 10.7. The van der Waals surface area contributed by atoms with Crippen molar-refractivity contribution in [1.29, 1.82) is 0 Å². The van der Waals surface area contributed by atoms with E-state index in [9.17, 15) is 14.0 Å². The predicted octanol–water partition coefficient (Wildman–Crippen LogP) is 1.28. The number of hydrogen-bond donors (Lipinski definition) is 2. The van der Waals surface area contributed by atoms with Crippen LogP contribution in [0.25, 0.3) is 0 Å². The molecule has 5 heteroatoms. The van der Waals surface area contributed by atoms with Crippen molar-refractivity contribution in [3.8, 4) is 0 Å². The van der Waals surface area contributed by atoms with Gasteiger partial charge < -0.3 is 10.2 Å². The van der Waals surface area contributed by atoms with Crippen molar-refractivity contribution in [2.75, 3.05) is 0 Å². The number of hydrogen-bond acceptors (Lipinski definition) is 2. The second-order valence-corrected chi connectivity index (χ2v) is 3.98. The zero-order valence-corrected chi connectivity index (χ0v) is 7.82. The predicted molar refractivity (Wildman–Crippen MR) is 45.2 cm³/mol. The van der Waals surface area contributed by atoms with Crippen LogP contribution in [0.2, 0.25) is 0 Å². The summed E-state index contributed by atoms with van der Waals surface area (Å²) in [4.78, 5) is 20.8. The van der Waals surface area contributed by atoms with E-state index in [0.29, 0.717) is 0 Å². The molecule has 1 saturated carbocycles. The van der Waals surface area contributed by atoms with Crippen molar-refractivity contribution in [2.24, 2.45) is 17.3 Å². The van der Waals surface area contributed by atoms with Crippen LogP contribution < -0.4 is 0 Å². The molecule has 0 radical (unpaired) electrons. The highest BCUT2D eigenvalue weighted by molar-refractivity contribution is 5.84. The topological polar surface area (TPSA) is 74.6 Å². The van der Waals surface area contributed by atoms with Crippen LogP contribution in [0.3, 0.4) is 0 Å². The van der Waals surface area contributed by atoms with E-state index in [-0.39, 0.29) is 0 Å². The van der Waals surface area contributed by atoms with E-state index >= 15 is 0 Å². The van der Waals surface area contributed by atoms with Crippen molar-refractivity contribution in [1.82, 2.24) is 0 Å². The first-order valence-electron chi connectivity index (χ1n) is 4.12. The molecule has 0 aromatic rings. The van der Waals surface area contributed by atoms with Gasteiger partial charge in [-0.1, -0.05) is 13.8 Å². The molecule has 0 heterocycles. The van der Waals surface area contributed by atoms with Crippen molar-refractivity contribution in [2.45, 2.75) is 13.8 Å². The molecule has 2 N–H and O–H groups in total. The van der Waals surface area contributed by atoms with Gasteiger partial charge in [0.05, 0.1) is 5.92 Å². The van der Waals surface area contributed by atoms with Crippen LogP contribution in [-0.4, -0.2) is 22.2 Å². The van der Waals surface area contributed by atoms with E-state index < -0.39 is 35.0 Å². The molecule has 14 heavy (non-hydrogen) atoms.